The van der Waals surface area contributed by atoms with Gasteiger partial charge in [-0.3, -0.25) is 0 Å². The van der Waals surface area contributed by atoms with Crippen LogP contribution in [0.1, 0.15) is 0 Å². The van der Waals surface area contributed by atoms with Crippen LogP contribution in [-0.4, -0.2) is 44.9 Å². The normalized spacial score (nSPS) is 11.1. The summed E-state index contributed by atoms with van der Waals surface area (Å²) in [6.07, 6.45) is 0. The number of thiophene rings is 1. The molecular formula is C109H70Cl4N10S. The van der Waals surface area contributed by atoms with Crippen LogP contribution in [0, 0.1) is 0 Å². The van der Waals surface area contributed by atoms with Crippen molar-refractivity contribution in [3.8, 4) is 113 Å². The van der Waals surface area contributed by atoms with E-state index in [4.69, 9.17) is 56.4 Å². The molecule has 590 valence electrons. The Balaban J connectivity index is 0.000000109. The number of aromatic nitrogens is 9. The van der Waals surface area contributed by atoms with Crippen molar-refractivity contribution in [1.82, 2.24) is 44.9 Å². The lowest BCUT2D eigenvalue weighted by Gasteiger charge is -2.25. The Kier molecular flexibility index (Phi) is 23.1. The van der Waals surface area contributed by atoms with E-state index in [1.54, 1.807) is 0 Å². The molecule has 5 heterocycles. The predicted molar refractivity (Wildman–Crippen MR) is 518 cm³/mol. The van der Waals surface area contributed by atoms with Gasteiger partial charge < -0.3 is 4.90 Å². The van der Waals surface area contributed by atoms with Gasteiger partial charge in [0.05, 0.1) is 11.4 Å². The second-order valence-corrected chi connectivity index (χ2v) is 31.8. The Morgan fingerprint density at radius 1 is 0.194 bits per heavy atom. The Morgan fingerprint density at radius 2 is 0.565 bits per heavy atom. The van der Waals surface area contributed by atoms with Crippen molar-refractivity contribution in [3.05, 3.63) is 446 Å². The van der Waals surface area contributed by atoms with Crippen molar-refractivity contribution in [3.63, 3.8) is 0 Å². The molecule has 0 atom stereocenters. The molecule has 22 aromatic rings. The number of pyridine rings is 1. The fourth-order valence-electron chi connectivity index (χ4n) is 15.6. The van der Waals surface area contributed by atoms with Crippen LogP contribution in [0.15, 0.2) is 425 Å². The molecule has 0 aliphatic carbocycles. The Bertz CT molecular complexity index is 7550. The number of hydrogen-bond donors (Lipinski definition) is 0. The van der Waals surface area contributed by atoms with Gasteiger partial charge in [-0.05, 0) is 173 Å². The average Bonchev–Trinajstić information content (AvgIpc) is 1.65. The van der Waals surface area contributed by atoms with Gasteiger partial charge in [-0.15, -0.1) is 11.3 Å². The van der Waals surface area contributed by atoms with Crippen LogP contribution >= 0.6 is 57.7 Å². The first-order valence-corrected chi connectivity index (χ1v) is 42.6. The summed E-state index contributed by atoms with van der Waals surface area (Å²) in [7, 11) is 0. The number of fused-ring (bicyclic) bond motifs is 8. The molecule has 22 rings (SSSR count). The van der Waals surface area contributed by atoms with E-state index in [0.717, 1.165) is 105 Å². The zero-order valence-electron chi connectivity index (χ0n) is 66.3. The maximum Gasteiger partial charge on any atom is 0.226 e. The minimum absolute atomic E-state index is 0.174. The van der Waals surface area contributed by atoms with Gasteiger partial charge >= 0.3 is 0 Å². The molecule has 0 N–H and O–H groups in total. The fraction of sp³-hybridized carbons (Fsp3) is 0. The van der Waals surface area contributed by atoms with E-state index in [0.29, 0.717) is 39.4 Å². The molecule has 0 fully saturated rings. The molecule has 0 aliphatic heterocycles. The van der Waals surface area contributed by atoms with E-state index < -0.39 is 0 Å². The first-order valence-electron chi connectivity index (χ1n) is 40.3. The number of benzene rings is 17. The first kappa shape index (κ1) is 79.0. The second-order valence-electron chi connectivity index (χ2n) is 29.3. The van der Waals surface area contributed by atoms with Crippen LogP contribution in [0.4, 0.5) is 17.1 Å². The zero-order valence-corrected chi connectivity index (χ0v) is 70.1. The fourth-order valence-corrected chi connectivity index (χ4v) is 17.6. The van der Waals surface area contributed by atoms with Crippen LogP contribution < -0.4 is 4.90 Å². The highest BCUT2D eigenvalue weighted by molar-refractivity contribution is 7.26. The minimum atomic E-state index is 0.174. The quantitative estimate of drug-likeness (QED) is 0.0815. The summed E-state index contributed by atoms with van der Waals surface area (Å²) in [6.45, 7) is 0. The summed E-state index contributed by atoms with van der Waals surface area (Å²) >= 11 is 27.3. The molecule has 0 radical (unpaired) electrons. The summed E-state index contributed by atoms with van der Waals surface area (Å²) in [5.41, 5.74) is 18.5. The summed E-state index contributed by atoms with van der Waals surface area (Å²) in [5.74, 6) is 2.89. The SMILES string of the molecule is Clc1cc(-c2ccc(-c3ccccc3)cc2)nc(-c2cccc3ccccc23)n1.Clc1cc(-c2ccccc2)cc(-c2cccc(-c3cccc4ccccc34)c2)n1.Clc1nc(-c2cccc3ccccc23)nc(-c2cc3c4ccccc4sc3c3ccccc23)n1.Clc1nc(-c2ccccc2)nc(-c2ccc(N(c3ccccc3)c3ccccc3)cc2)n1. The summed E-state index contributed by atoms with van der Waals surface area (Å²) in [5, 5.41) is 13.0. The van der Waals surface area contributed by atoms with Crippen molar-refractivity contribution in [1.29, 1.82) is 0 Å². The lowest BCUT2D eigenvalue weighted by atomic mass is 9.96. The third-order valence-corrected chi connectivity index (χ3v) is 23.4. The largest absolute Gasteiger partial charge is 0.311 e. The van der Waals surface area contributed by atoms with E-state index in [1.165, 1.54) is 58.6 Å². The number of nitrogens with zero attached hydrogens (tertiary/aromatic N) is 10. The smallest absolute Gasteiger partial charge is 0.226 e. The number of para-hydroxylation sites is 2. The van der Waals surface area contributed by atoms with Crippen molar-refractivity contribution in [2.75, 3.05) is 4.90 Å². The van der Waals surface area contributed by atoms with Gasteiger partial charge in [-0.25, -0.2) is 24.9 Å². The topological polar surface area (TPSA) is 119 Å². The molecule has 0 spiro atoms. The Morgan fingerprint density at radius 3 is 1.15 bits per heavy atom. The van der Waals surface area contributed by atoms with Crippen LogP contribution in [0.3, 0.4) is 0 Å². The van der Waals surface area contributed by atoms with Gasteiger partial charge in [0, 0.05) is 87.6 Å². The van der Waals surface area contributed by atoms with Crippen molar-refractivity contribution >= 4 is 138 Å². The van der Waals surface area contributed by atoms with Gasteiger partial charge in [0.15, 0.2) is 29.1 Å². The van der Waals surface area contributed by atoms with Gasteiger partial charge in [-0.2, -0.15) is 19.9 Å². The predicted octanol–water partition coefficient (Wildman–Crippen LogP) is 31.0. The van der Waals surface area contributed by atoms with Crippen LogP contribution in [-0.2, 0) is 0 Å². The highest BCUT2D eigenvalue weighted by Crippen LogP contribution is 2.44. The second kappa shape index (κ2) is 36.3. The number of rotatable bonds is 13. The van der Waals surface area contributed by atoms with Gasteiger partial charge in [-0.1, -0.05) is 363 Å². The molecule has 10 nitrogen and oxygen atoms in total. The molecule has 0 amide bonds. The molecule has 0 saturated carbocycles. The van der Waals surface area contributed by atoms with Crippen molar-refractivity contribution in [2.45, 2.75) is 0 Å². The average molecular weight is 1690 g/mol. The highest BCUT2D eigenvalue weighted by Gasteiger charge is 2.21. The number of halogens is 4. The van der Waals surface area contributed by atoms with Crippen molar-refractivity contribution < 1.29 is 0 Å². The Labute approximate surface area is 740 Å². The molecule has 124 heavy (non-hydrogen) atoms. The lowest BCUT2D eigenvalue weighted by molar-refractivity contribution is 1.07. The van der Waals surface area contributed by atoms with E-state index in [-0.39, 0.29) is 10.6 Å². The van der Waals surface area contributed by atoms with E-state index in [2.05, 4.69) is 289 Å². The van der Waals surface area contributed by atoms with E-state index >= 15 is 0 Å². The molecule has 0 bridgehead atoms. The molecular weight excluding hydrogens is 1620 g/mol. The lowest BCUT2D eigenvalue weighted by Crippen LogP contribution is -2.09. The summed E-state index contributed by atoms with van der Waals surface area (Å²) < 4.78 is 2.54. The third kappa shape index (κ3) is 17.3. The standard InChI is InChI=1S/C29H16ClN3S.C27H19ClN4.C27H18ClN.C26H17ClN2/c30-29-32-27(22-14-7-9-17-8-1-2-10-18(17)22)31-28(33-29)24-16-23-20-12-5-6-15-25(20)34-26(23)21-13-4-3-11-19(21)24;28-27-30-25(20-10-4-1-5-11-20)29-26(31-27)21-16-18-24(19-17-21)32(22-12-6-2-7-13-22)23-14-8-3-9-15-23;28-27-18-23(19-8-2-1-3-9-19)17-26(29-27)22-13-6-12-21(16-22)25-15-7-11-20-10-4-5-14-24(20)25;27-25-17-24(21-15-13-19(14-16-21)18-7-2-1-3-8-18)28-26(29-25)23-12-6-10-20-9-4-5-11-22(20)23/h1-16H;1-19H;1-18H;1-17H. The van der Waals surface area contributed by atoms with Gasteiger partial charge in [0.1, 0.15) is 10.3 Å². The van der Waals surface area contributed by atoms with Gasteiger partial charge in [0.25, 0.3) is 0 Å². The first-order chi connectivity index (χ1) is 61.1. The molecule has 15 heteroatoms. The Hall–Kier alpha value is -14.8. The maximum absolute atomic E-state index is 6.48. The minimum Gasteiger partial charge on any atom is -0.311 e. The monoisotopic (exact) mass is 1690 g/mol. The third-order valence-electron chi connectivity index (χ3n) is 21.5. The zero-order chi connectivity index (χ0) is 83.7. The van der Waals surface area contributed by atoms with Crippen LogP contribution in [0.2, 0.25) is 20.9 Å². The molecule has 17 aromatic carbocycles. The molecule has 0 aliphatic rings. The molecule has 0 unspecified atom stereocenters. The number of hydrogen-bond acceptors (Lipinski definition) is 11. The summed E-state index contributed by atoms with van der Waals surface area (Å²) in [4.78, 5) is 43.4. The van der Waals surface area contributed by atoms with E-state index in [9.17, 15) is 0 Å². The maximum atomic E-state index is 6.48. The van der Waals surface area contributed by atoms with Gasteiger partial charge in [0.2, 0.25) is 10.6 Å². The van der Waals surface area contributed by atoms with E-state index in [1.807, 2.05) is 187 Å². The molecule has 5 aromatic heterocycles. The van der Waals surface area contributed by atoms with Crippen molar-refractivity contribution in [2.24, 2.45) is 0 Å². The van der Waals surface area contributed by atoms with Crippen LogP contribution in [0.25, 0.3) is 176 Å². The molecule has 0 saturated heterocycles. The highest BCUT2D eigenvalue weighted by atomic mass is 35.5. The number of anilines is 3. The summed E-state index contributed by atoms with van der Waals surface area (Å²) in [6, 6.07) is 145. The van der Waals surface area contributed by atoms with Crippen LogP contribution in [0.5, 0.6) is 0 Å².